The minimum Gasteiger partial charge on any atom is -0.383 e. The molecule has 0 saturated heterocycles. The summed E-state index contributed by atoms with van der Waals surface area (Å²) in [5.41, 5.74) is 10.6. The second-order valence-corrected chi connectivity index (χ2v) is 8.17. The molecule has 0 fully saturated rings. The highest BCUT2D eigenvalue weighted by atomic mass is 19.1. The molecule has 0 aromatic carbocycles. The molecule has 3 N–H and O–H groups in total. The number of anilines is 2. The largest absolute Gasteiger partial charge is 0.383 e. The molecule has 4 aromatic heterocycles. The number of nitrogen functional groups attached to an aromatic ring is 1. The van der Waals surface area contributed by atoms with Gasteiger partial charge < -0.3 is 11.1 Å². The Morgan fingerprint density at radius 1 is 1.23 bits per heavy atom. The average Bonchev–Trinajstić information content (AvgIpc) is 3.18. The van der Waals surface area contributed by atoms with Gasteiger partial charge in [0.1, 0.15) is 11.6 Å². The summed E-state index contributed by atoms with van der Waals surface area (Å²) in [5, 5.41) is 8.06. The highest BCUT2D eigenvalue weighted by Crippen LogP contribution is 2.28. The molecule has 9 heteroatoms. The molecule has 0 saturated carbocycles. The van der Waals surface area contributed by atoms with E-state index in [-0.39, 0.29) is 12.0 Å². The third-order valence-corrected chi connectivity index (χ3v) is 5.71. The zero-order valence-corrected chi connectivity index (χ0v) is 17.4. The normalized spacial score (nSPS) is 15.9. The van der Waals surface area contributed by atoms with Gasteiger partial charge in [-0.05, 0) is 48.4 Å². The highest BCUT2D eigenvalue weighted by molar-refractivity contribution is 5.62. The summed E-state index contributed by atoms with van der Waals surface area (Å²) in [7, 11) is 0. The van der Waals surface area contributed by atoms with E-state index in [1.54, 1.807) is 16.9 Å². The molecular weight excluding hydrogens is 395 g/mol. The van der Waals surface area contributed by atoms with Gasteiger partial charge in [0.15, 0.2) is 11.5 Å². The van der Waals surface area contributed by atoms with Gasteiger partial charge in [0.25, 0.3) is 0 Å². The van der Waals surface area contributed by atoms with Crippen molar-refractivity contribution in [2.24, 2.45) is 0 Å². The Morgan fingerprint density at radius 2 is 2.10 bits per heavy atom. The third kappa shape index (κ3) is 3.56. The van der Waals surface area contributed by atoms with Gasteiger partial charge in [-0.2, -0.15) is 14.6 Å². The summed E-state index contributed by atoms with van der Waals surface area (Å²) in [6, 6.07) is 3.56. The number of hydrogen-bond donors (Lipinski definition) is 2. The molecule has 1 aliphatic carbocycles. The van der Waals surface area contributed by atoms with Crippen molar-refractivity contribution in [1.82, 2.24) is 29.5 Å². The maximum atomic E-state index is 13.8. The maximum Gasteiger partial charge on any atom is 0.228 e. The van der Waals surface area contributed by atoms with Gasteiger partial charge in [0, 0.05) is 29.6 Å². The molecule has 0 spiro atoms. The van der Waals surface area contributed by atoms with Crippen LogP contribution in [0.4, 0.5) is 16.2 Å². The van der Waals surface area contributed by atoms with Gasteiger partial charge in [0.05, 0.1) is 12.4 Å². The van der Waals surface area contributed by atoms with Gasteiger partial charge in [-0.3, -0.25) is 4.98 Å². The molecule has 158 valence electrons. The van der Waals surface area contributed by atoms with E-state index in [9.17, 15) is 4.39 Å². The molecule has 8 nitrogen and oxygen atoms in total. The number of pyridine rings is 2. The fourth-order valence-electron chi connectivity index (χ4n) is 4.08. The van der Waals surface area contributed by atoms with Gasteiger partial charge in [0.2, 0.25) is 5.95 Å². The van der Waals surface area contributed by atoms with E-state index in [2.05, 4.69) is 44.2 Å². The standard InChI is InChI=1S/C22H23FN8/c1-12(2)18-11-27-31-21(18)29-20(14-7-15(23)10-25-9-14)30-22(31)28-16-3-4-17-13(8-16)5-6-26-19(17)24/h5-7,9-12,16H,3-4,8H2,1-2H3,(H2,24,26)(H,28,29,30)/t16-/m1/s1. The zero-order chi connectivity index (χ0) is 21.5. The van der Waals surface area contributed by atoms with E-state index in [0.29, 0.717) is 28.8 Å². The number of nitrogens with two attached hydrogens (primary N) is 1. The molecule has 31 heavy (non-hydrogen) atoms. The first-order chi connectivity index (χ1) is 15.0. The maximum absolute atomic E-state index is 13.8. The monoisotopic (exact) mass is 418 g/mol. The number of halogens is 1. The lowest BCUT2D eigenvalue weighted by Crippen LogP contribution is -2.29. The quantitative estimate of drug-likeness (QED) is 0.523. The highest BCUT2D eigenvalue weighted by Gasteiger charge is 2.23. The summed E-state index contributed by atoms with van der Waals surface area (Å²) < 4.78 is 15.5. The molecule has 5 rings (SSSR count). The van der Waals surface area contributed by atoms with Crippen LogP contribution < -0.4 is 11.1 Å². The molecule has 1 atom stereocenters. The van der Waals surface area contributed by atoms with Crippen molar-refractivity contribution in [1.29, 1.82) is 0 Å². The van der Waals surface area contributed by atoms with Gasteiger partial charge in [-0.15, -0.1) is 0 Å². The van der Waals surface area contributed by atoms with Gasteiger partial charge in [-0.1, -0.05) is 13.8 Å². The lowest BCUT2D eigenvalue weighted by molar-refractivity contribution is 0.602. The summed E-state index contributed by atoms with van der Waals surface area (Å²) >= 11 is 0. The van der Waals surface area contributed by atoms with Crippen LogP contribution in [0.3, 0.4) is 0 Å². The predicted molar refractivity (Wildman–Crippen MR) is 116 cm³/mol. The molecule has 0 radical (unpaired) electrons. The molecule has 0 aliphatic heterocycles. The van der Waals surface area contributed by atoms with Crippen LogP contribution in [0.25, 0.3) is 17.0 Å². The Kier molecular flexibility index (Phi) is 4.72. The van der Waals surface area contributed by atoms with Crippen LogP contribution in [0.1, 0.15) is 42.9 Å². The number of nitrogens with zero attached hydrogens (tertiary/aromatic N) is 6. The van der Waals surface area contributed by atoms with Crippen molar-refractivity contribution >= 4 is 17.4 Å². The van der Waals surface area contributed by atoms with Crippen molar-refractivity contribution in [3.63, 3.8) is 0 Å². The number of nitrogens with one attached hydrogen (secondary N) is 1. The topological polar surface area (TPSA) is 107 Å². The van der Waals surface area contributed by atoms with Crippen molar-refractivity contribution in [2.45, 2.75) is 45.1 Å². The minimum atomic E-state index is -0.428. The number of fused-ring (bicyclic) bond motifs is 2. The zero-order valence-electron chi connectivity index (χ0n) is 17.4. The van der Waals surface area contributed by atoms with Crippen LogP contribution in [0.5, 0.6) is 0 Å². The first-order valence-corrected chi connectivity index (χ1v) is 10.3. The average molecular weight is 418 g/mol. The fourth-order valence-corrected chi connectivity index (χ4v) is 4.08. The van der Waals surface area contributed by atoms with Crippen LogP contribution in [0, 0.1) is 5.82 Å². The van der Waals surface area contributed by atoms with E-state index < -0.39 is 5.82 Å². The molecular formula is C22H23FN8. The minimum absolute atomic E-state index is 0.151. The summed E-state index contributed by atoms with van der Waals surface area (Å²) in [4.78, 5) is 17.5. The fraction of sp³-hybridized carbons (Fsp3) is 0.318. The van der Waals surface area contributed by atoms with Gasteiger partial charge >= 0.3 is 0 Å². The summed E-state index contributed by atoms with van der Waals surface area (Å²) in [6.07, 6.45) is 8.84. The number of rotatable bonds is 4. The molecule has 4 heterocycles. The summed E-state index contributed by atoms with van der Waals surface area (Å²) in [5.74, 6) is 1.40. The number of hydrogen-bond acceptors (Lipinski definition) is 7. The van der Waals surface area contributed by atoms with Crippen molar-refractivity contribution in [2.75, 3.05) is 11.1 Å². The van der Waals surface area contributed by atoms with E-state index in [0.717, 1.165) is 30.4 Å². The van der Waals surface area contributed by atoms with E-state index in [1.165, 1.54) is 17.8 Å². The second kappa shape index (κ2) is 7.57. The number of aromatic nitrogens is 6. The third-order valence-electron chi connectivity index (χ3n) is 5.71. The van der Waals surface area contributed by atoms with E-state index in [4.69, 9.17) is 5.73 Å². The lowest BCUT2D eigenvalue weighted by Gasteiger charge is -2.26. The smallest absolute Gasteiger partial charge is 0.228 e. The Hall–Kier alpha value is -3.62. The Morgan fingerprint density at radius 3 is 2.90 bits per heavy atom. The van der Waals surface area contributed by atoms with Crippen molar-refractivity contribution in [3.8, 4) is 11.4 Å². The van der Waals surface area contributed by atoms with E-state index in [1.807, 2.05) is 12.3 Å². The summed E-state index contributed by atoms with van der Waals surface area (Å²) in [6.45, 7) is 4.18. The molecule has 4 aromatic rings. The van der Waals surface area contributed by atoms with E-state index >= 15 is 0 Å². The lowest BCUT2D eigenvalue weighted by atomic mass is 9.89. The first-order valence-electron chi connectivity index (χ1n) is 10.3. The van der Waals surface area contributed by atoms with Gasteiger partial charge in [-0.25, -0.2) is 14.4 Å². The molecule has 0 bridgehead atoms. The van der Waals surface area contributed by atoms with Crippen LogP contribution in [0.2, 0.25) is 0 Å². The van der Waals surface area contributed by atoms with Crippen LogP contribution >= 0.6 is 0 Å². The van der Waals surface area contributed by atoms with Crippen LogP contribution in [0.15, 0.2) is 36.9 Å². The van der Waals surface area contributed by atoms with Crippen molar-refractivity contribution < 1.29 is 4.39 Å². The molecule has 0 amide bonds. The van der Waals surface area contributed by atoms with Crippen LogP contribution in [-0.2, 0) is 12.8 Å². The Bertz CT molecular complexity index is 1270. The van der Waals surface area contributed by atoms with Crippen LogP contribution in [-0.4, -0.2) is 35.6 Å². The second-order valence-electron chi connectivity index (χ2n) is 8.17. The van der Waals surface area contributed by atoms with Crippen molar-refractivity contribution in [3.05, 3.63) is 59.4 Å². The predicted octanol–water partition coefficient (Wildman–Crippen LogP) is 3.40. The Balaban J connectivity index is 1.56. The SMILES string of the molecule is CC(C)c1cnn2c(N[C@@H]3CCc4c(ccnc4N)C3)nc(-c3cncc(F)c3)nc12. The molecule has 1 aliphatic rings. The molecule has 0 unspecified atom stereocenters. The first kappa shape index (κ1) is 19.3. The Labute approximate surface area is 178 Å².